The van der Waals surface area contributed by atoms with E-state index in [1.165, 1.54) is 11.3 Å². The number of hydrogen-bond donors (Lipinski definition) is 0. The monoisotopic (exact) mass is 304 g/mol. The van der Waals surface area contributed by atoms with Crippen LogP contribution in [0.15, 0.2) is 24.3 Å². The van der Waals surface area contributed by atoms with E-state index in [0.717, 1.165) is 13.1 Å². The van der Waals surface area contributed by atoms with Gasteiger partial charge in [0.25, 0.3) is 0 Å². The molecule has 0 N–H and O–H groups in total. The number of nitrogens with zero attached hydrogens (tertiary/aromatic N) is 2. The predicted molar refractivity (Wildman–Crippen MR) is 90.5 cm³/mol. The second-order valence-electron chi connectivity index (χ2n) is 7.17. The van der Waals surface area contributed by atoms with Gasteiger partial charge in [-0.2, -0.15) is 0 Å². The summed E-state index contributed by atoms with van der Waals surface area (Å²) in [6, 6.07) is 8.57. The topological polar surface area (TPSA) is 32.8 Å². The van der Waals surface area contributed by atoms with Gasteiger partial charge in [-0.05, 0) is 30.9 Å². The number of anilines is 1. The fraction of sp³-hybridized carbons (Fsp3) is 0.611. The Hall–Kier alpha value is -1.71. The number of hydrogen-bond acceptors (Lipinski definition) is 3. The number of benzene rings is 1. The van der Waals surface area contributed by atoms with Crippen molar-refractivity contribution in [3.63, 3.8) is 0 Å². The van der Waals surface area contributed by atoms with Gasteiger partial charge in [-0.1, -0.05) is 39.0 Å². The van der Waals surface area contributed by atoms with E-state index in [1.807, 2.05) is 13.8 Å². The van der Waals surface area contributed by atoms with Crippen LogP contribution < -0.4 is 4.90 Å². The first-order valence-electron chi connectivity index (χ1n) is 8.09. The molecular formula is C18H28N2O2. The van der Waals surface area contributed by atoms with Gasteiger partial charge in [0.1, 0.15) is 0 Å². The van der Waals surface area contributed by atoms with E-state index in [4.69, 9.17) is 4.74 Å². The summed E-state index contributed by atoms with van der Waals surface area (Å²) < 4.78 is 5.28. The van der Waals surface area contributed by atoms with E-state index in [0.29, 0.717) is 13.1 Å². The Morgan fingerprint density at radius 3 is 2.23 bits per heavy atom. The summed E-state index contributed by atoms with van der Waals surface area (Å²) >= 11 is 0. The quantitative estimate of drug-likeness (QED) is 0.836. The molecule has 0 aromatic heterocycles. The minimum atomic E-state index is -0.196. The molecule has 0 spiro atoms. The molecule has 1 amide bonds. The van der Waals surface area contributed by atoms with Gasteiger partial charge in [-0.3, -0.25) is 0 Å². The van der Waals surface area contributed by atoms with Gasteiger partial charge in [0.15, 0.2) is 0 Å². The molecule has 1 aromatic rings. The molecule has 1 aliphatic rings. The number of para-hydroxylation sites is 1. The van der Waals surface area contributed by atoms with Crippen LogP contribution in [0.4, 0.5) is 10.5 Å². The lowest BCUT2D eigenvalue weighted by atomic mass is 9.85. The predicted octanol–water partition coefficient (Wildman–Crippen LogP) is 3.65. The maximum absolute atomic E-state index is 12.0. The molecule has 122 valence electrons. The summed E-state index contributed by atoms with van der Waals surface area (Å²) in [5, 5.41) is 0. The van der Waals surface area contributed by atoms with E-state index in [-0.39, 0.29) is 17.6 Å². The SMILES string of the molecule is CC(C)OC(=O)N1CCN(c2ccccc2C(C)(C)C)CC1. The van der Waals surface area contributed by atoms with E-state index in [1.54, 1.807) is 4.90 Å². The number of ether oxygens (including phenoxy) is 1. The van der Waals surface area contributed by atoms with E-state index in [2.05, 4.69) is 49.9 Å². The smallest absolute Gasteiger partial charge is 0.410 e. The normalized spacial score (nSPS) is 16.1. The standard InChI is InChI=1S/C18H28N2O2/c1-14(2)22-17(21)20-12-10-19(11-13-20)16-9-7-6-8-15(16)18(3,4)5/h6-9,14H,10-13H2,1-5H3. The van der Waals surface area contributed by atoms with E-state index < -0.39 is 0 Å². The number of piperazine rings is 1. The molecule has 0 bridgehead atoms. The van der Waals surface area contributed by atoms with Gasteiger partial charge in [-0.25, -0.2) is 4.79 Å². The highest BCUT2D eigenvalue weighted by atomic mass is 16.6. The van der Waals surface area contributed by atoms with Crippen molar-refractivity contribution in [3.8, 4) is 0 Å². The molecule has 1 heterocycles. The van der Waals surface area contributed by atoms with E-state index >= 15 is 0 Å². The molecule has 2 rings (SSSR count). The second kappa shape index (κ2) is 6.59. The molecule has 1 saturated heterocycles. The molecule has 1 aliphatic heterocycles. The highest BCUT2D eigenvalue weighted by Gasteiger charge is 2.26. The highest BCUT2D eigenvalue weighted by molar-refractivity contribution is 5.68. The van der Waals surface area contributed by atoms with Crippen molar-refractivity contribution in [2.75, 3.05) is 31.1 Å². The zero-order chi connectivity index (χ0) is 16.3. The number of carbonyl (C=O) groups excluding carboxylic acids is 1. The van der Waals surface area contributed by atoms with Crippen LogP contribution in [-0.2, 0) is 10.2 Å². The van der Waals surface area contributed by atoms with Gasteiger partial charge in [0.05, 0.1) is 6.10 Å². The fourth-order valence-corrected chi connectivity index (χ4v) is 2.79. The van der Waals surface area contributed by atoms with Gasteiger partial charge in [0.2, 0.25) is 0 Å². The highest BCUT2D eigenvalue weighted by Crippen LogP contribution is 2.32. The Labute approximate surface area is 134 Å². The third-order valence-electron chi connectivity index (χ3n) is 3.93. The van der Waals surface area contributed by atoms with Crippen molar-refractivity contribution in [2.24, 2.45) is 0 Å². The molecule has 4 heteroatoms. The van der Waals surface area contributed by atoms with Crippen LogP contribution in [0.1, 0.15) is 40.2 Å². The van der Waals surface area contributed by atoms with Gasteiger partial charge in [-0.15, -0.1) is 0 Å². The Kier molecular flexibility index (Phi) is 4.99. The largest absolute Gasteiger partial charge is 0.447 e. The summed E-state index contributed by atoms with van der Waals surface area (Å²) in [4.78, 5) is 16.1. The molecule has 0 atom stereocenters. The molecule has 0 aliphatic carbocycles. The third kappa shape index (κ3) is 3.93. The van der Waals surface area contributed by atoms with Crippen molar-refractivity contribution in [1.29, 1.82) is 0 Å². The van der Waals surface area contributed by atoms with Gasteiger partial charge < -0.3 is 14.5 Å². The maximum atomic E-state index is 12.0. The van der Waals surface area contributed by atoms with Crippen LogP contribution in [0, 0.1) is 0 Å². The molecule has 0 radical (unpaired) electrons. The molecule has 0 unspecified atom stereocenters. The van der Waals surface area contributed by atoms with Crippen molar-refractivity contribution < 1.29 is 9.53 Å². The Morgan fingerprint density at radius 1 is 1.09 bits per heavy atom. The van der Waals surface area contributed by atoms with E-state index in [9.17, 15) is 4.79 Å². The van der Waals surface area contributed by atoms with Crippen molar-refractivity contribution in [2.45, 2.75) is 46.1 Å². The zero-order valence-electron chi connectivity index (χ0n) is 14.4. The molecule has 4 nitrogen and oxygen atoms in total. The van der Waals surface area contributed by atoms with Gasteiger partial charge >= 0.3 is 6.09 Å². The maximum Gasteiger partial charge on any atom is 0.410 e. The second-order valence-corrected chi connectivity index (χ2v) is 7.17. The molecule has 1 aromatic carbocycles. The average Bonchev–Trinajstić information content (AvgIpc) is 2.46. The summed E-state index contributed by atoms with van der Waals surface area (Å²) in [6.45, 7) is 13.6. The lowest BCUT2D eigenvalue weighted by Gasteiger charge is -2.38. The van der Waals surface area contributed by atoms with Crippen LogP contribution in [-0.4, -0.2) is 43.3 Å². The van der Waals surface area contributed by atoms with Crippen molar-refractivity contribution in [3.05, 3.63) is 29.8 Å². The number of carbonyl (C=O) groups is 1. The van der Waals surface area contributed by atoms with Crippen molar-refractivity contribution >= 4 is 11.8 Å². The summed E-state index contributed by atoms with van der Waals surface area (Å²) in [6.07, 6.45) is -0.258. The lowest BCUT2D eigenvalue weighted by Crippen LogP contribution is -2.49. The number of amides is 1. The van der Waals surface area contributed by atoms with Crippen molar-refractivity contribution in [1.82, 2.24) is 4.90 Å². The zero-order valence-corrected chi connectivity index (χ0v) is 14.4. The van der Waals surface area contributed by atoms with Crippen LogP contribution >= 0.6 is 0 Å². The average molecular weight is 304 g/mol. The summed E-state index contributed by atoms with van der Waals surface area (Å²) in [5.41, 5.74) is 2.75. The molecule has 22 heavy (non-hydrogen) atoms. The molecular weight excluding hydrogens is 276 g/mol. The fourth-order valence-electron chi connectivity index (χ4n) is 2.79. The number of rotatable bonds is 2. The van der Waals surface area contributed by atoms with Crippen LogP contribution in [0.25, 0.3) is 0 Å². The molecule has 1 fully saturated rings. The minimum Gasteiger partial charge on any atom is -0.447 e. The lowest BCUT2D eigenvalue weighted by molar-refractivity contribution is 0.0751. The summed E-state index contributed by atoms with van der Waals surface area (Å²) in [7, 11) is 0. The van der Waals surface area contributed by atoms with Crippen LogP contribution in [0.5, 0.6) is 0 Å². The first-order chi connectivity index (χ1) is 10.3. The van der Waals surface area contributed by atoms with Gasteiger partial charge in [0, 0.05) is 31.9 Å². The summed E-state index contributed by atoms with van der Waals surface area (Å²) in [5.74, 6) is 0. The first kappa shape index (κ1) is 16.7. The third-order valence-corrected chi connectivity index (χ3v) is 3.93. The Balaban J connectivity index is 2.05. The van der Waals surface area contributed by atoms with Crippen LogP contribution in [0.2, 0.25) is 0 Å². The minimum absolute atomic E-state index is 0.0628. The molecule has 0 saturated carbocycles. The Bertz CT molecular complexity index is 512. The van der Waals surface area contributed by atoms with Crippen LogP contribution in [0.3, 0.4) is 0 Å². The Morgan fingerprint density at radius 2 is 1.68 bits per heavy atom. The first-order valence-corrected chi connectivity index (χ1v) is 8.09.